The highest BCUT2D eigenvalue weighted by molar-refractivity contribution is 5.53. The Kier molecular flexibility index (Phi) is 13.3. The second-order valence-electron chi connectivity index (χ2n) is 19.6. The van der Waals surface area contributed by atoms with Crippen molar-refractivity contribution in [2.45, 2.75) is 182 Å². The topological polar surface area (TPSA) is 43.5 Å². The van der Waals surface area contributed by atoms with Crippen molar-refractivity contribution in [3.05, 3.63) is 57.6 Å². The van der Waals surface area contributed by atoms with Crippen molar-refractivity contribution in [3.63, 3.8) is 0 Å². The highest BCUT2D eigenvalue weighted by atomic mass is 16.6. The highest BCUT2D eigenvalue weighted by Gasteiger charge is 2.33. The van der Waals surface area contributed by atoms with Crippen LogP contribution in [0.5, 0.6) is 11.5 Å². The van der Waals surface area contributed by atoms with Gasteiger partial charge in [0.05, 0.1) is 38.6 Å². The van der Waals surface area contributed by atoms with E-state index in [-0.39, 0.29) is 21.7 Å². The molecule has 282 valence electrons. The first-order valence-electron chi connectivity index (χ1n) is 20.1. The van der Waals surface area contributed by atoms with Crippen LogP contribution >= 0.6 is 0 Å². The van der Waals surface area contributed by atoms with Gasteiger partial charge >= 0.3 is 0 Å². The standard InChI is InChI=1S/C46H74O4/c1-15-33(39-29-49-39)19-17-23-47-41-35(43(3,4)5)25-31(26-36(41)44(6,7)8)21-22-32-27-37(45(9,10)11)42(38(28-32)46(12,13)14)48-24-18-20-34(16-2)40-30-50-40/h25-28,33-34,39-40H,15-24,29-30H2,1-14H3. The highest BCUT2D eigenvalue weighted by Crippen LogP contribution is 2.43. The first kappa shape index (κ1) is 40.7. The number of rotatable bonds is 17. The Morgan fingerprint density at radius 3 is 1.04 bits per heavy atom. The van der Waals surface area contributed by atoms with E-state index < -0.39 is 0 Å². The van der Waals surface area contributed by atoms with Gasteiger partial charge in [-0.3, -0.25) is 0 Å². The van der Waals surface area contributed by atoms with E-state index in [1.807, 2.05) is 0 Å². The zero-order valence-corrected chi connectivity index (χ0v) is 34.7. The van der Waals surface area contributed by atoms with Gasteiger partial charge in [0.2, 0.25) is 0 Å². The maximum atomic E-state index is 6.77. The minimum Gasteiger partial charge on any atom is -0.493 e. The molecule has 2 fully saturated rings. The lowest BCUT2D eigenvalue weighted by Gasteiger charge is -2.31. The third-order valence-corrected chi connectivity index (χ3v) is 11.0. The van der Waals surface area contributed by atoms with E-state index in [0.717, 1.165) is 63.6 Å². The molecule has 0 spiro atoms. The van der Waals surface area contributed by atoms with Crippen molar-refractivity contribution in [2.24, 2.45) is 11.8 Å². The van der Waals surface area contributed by atoms with Crippen molar-refractivity contribution < 1.29 is 18.9 Å². The van der Waals surface area contributed by atoms with E-state index in [9.17, 15) is 0 Å². The third kappa shape index (κ3) is 11.2. The number of epoxide rings is 2. The SMILES string of the molecule is CCC(CCCOc1c(C(C)(C)C)cc(CCc2cc(C(C)(C)C)c(OCCCC(CC)C3CO3)c(C(C)(C)C)c2)cc1C(C)(C)C)C1CO1. The predicted octanol–water partition coefficient (Wildman–Crippen LogP) is 11.8. The molecule has 4 nitrogen and oxygen atoms in total. The lowest BCUT2D eigenvalue weighted by Crippen LogP contribution is -2.22. The summed E-state index contributed by atoms with van der Waals surface area (Å²) >= 11 is 0. The summed E-state index contributed by atoms with van der Waals surface area (Å²) in [7, 11) is 0. The number of benzene rings is 2. The van der Waals surface area contributed by atoms with Crippen molar-refractivity contribution in [3.8, 4) is 11.5 Å². The van der Waals surface area contributed by atoms with Crippen LogP contribution in [0.25, 0.3) is 0 Å². The molecule has 0 aliphatic carbocycles. The fourth-order valence-electron chi connectivity index (χ4n) is 7.49. The summed E-state index contributed by atoms with van der Waals surface area (Å²) in [5, 5.41) is 0. The Balaban J connectivity index is 1.59. The van der Waals surface area contributed by atoms with Crippen LogP contribution in [0.3, 0.4) is 0 Å². The molecule has 0 bridgehead atoms. The van der Waals surface area contributed by atoms with Crippen LogP contribution in [0, 0.1) is 11.8 Å². The fourth-order valence-corrected chi connectivity index (χ4v) is 7.49. The molecule has 4 atom stereocenters. The molecule has 0 N–H and O–H groups in total. The van der Waals surface area contributed by atoms with Crippen LogP contribution in [0.1, 0.15) is 169 Å². The molecule has 0 amide bonds. The number of hydrogen-bond donors (Lipinski definition) is 0. The average Bonchev–Trinajstić information content (AvgIpc) is 3.93. The van der Waals surface area contributed by atoms with Gasteiger partial charge in [0, 0.05) is 22.3 Å². The monoisotopic (exact) mass is 691 g/mol. The summed E-state index contributed by atoms with van der Waals surface area (Å²) in [6.07, 6.45) is 9.75. The summed E-state index contributed by atoms with van der Waals surface area (Å²) in [4.78, 5) is 0. The van der Waals surface area contributed by atoms with Crippen molar-refractivity contribution in [2.75, 3.05) is 26.4 Å². The van der Waals surface area contributed by atoms with E-state index in [4.69, 9.17) is 18.9 Å². The normalized spacial score (nSPS) is 19.3. The minimum atomic E-state index is -0.0280. The van der Waals surface area contributed by atoms with Crippen molar-refractivity contribution in [1.82, 2.24) is 0 Å². The van der Waals surface area contributed by atoms with Gasteiger partial charge in [-0.1, -0.05) is 134 Å². The van der Waals surface area contributed by atoms with Crippen LogP contribution in [0.4, 0.5) is 0 Å². The Labute approximate surface area is 307 Å². The quantitative estimate of drug-likeness (QED) is 0.122. The molecule has 2 aromatic carbocycles. The first-order chi connectivity index (χ1) is 23.2. The van der Waals surface area contributed by atoms with Crippen LogP contribution < -0.4 is 9.47 Å². The average molecular weight is 691 g/mol. The lowest BCUT2D eigenvalue weighted by molar-refractivity contribution is 0.256. The van der Waals surface area contributed by atoms with E-state index >= 15 is 0 Å². The Morgan fingerprint density at radius 1 is 0.540 bits per heavy atom. The van der Waals surface area contributed by atoms with Gasteiger partial charge in [0.25, 0.3) is 0 Å². The molecular formula is C46H74O4. The first-order valence-corrected chi connectivity index (χ1v) is 20.1. The number of ether oxygens (including phenoxy) is 4. The Bertz CT molecular complexity index is 1210. The van der Waals surface area contributed by atoms with Gasteiger partial charge in [-0.15, -0.1) is 0 Å². The van der Waals surface area contributed by atoms with E-state index in [2.05, 4.69) is 121 Å². The molecule has 0 aromatic heterocycles. The largest absolute Gasteiger partial charge is 0.493 e. The molecule has 2 aliphatic rings. The maximum absolute atomic E-state index is 6.77. The van der Waals surface area contributed by atoms with Crippen molar-refractivity contribution >= 4 is 0 Å². The molecule has 0 saturated carbocycles. The molecule has 2 aromatic rings. The van der Waals surface area contributed by atoms with Gasteiger partial charge in [-0.05, 0) is 83.1 Å². The summed E-state index contributed by atoms with van der Waals surface area (Å²) in [5.41, 5.74) is 7.97. The van der Waals surface area contributed by atoms with Crippen LogP contribution in [-0.2, 0) is 44.0 Å². The van der Waals surface area contributed by atoms with Crippen LogP contribution in [-0.4, -0.2) is 38.6 Å². The Hall–Kier alpha value is -2.04. The smallest absolute Gasteiger partial charge is 0.126 e. The molecule has 2 heterocycles. The van der Waals surface area contributed by atoms with Crippen LogP contribution in [0.2, 0.25) is 0 Å². The molecule has 2 saturated heterocycles. The second-order valence-corrected chi connectivity index (χ2v) is 19.6. The summed E-state index contributed by atoms with van der Waals surface area (Å²) < 4.78 is 24.8. The van der Waals surface area contributed by atoms with Crippen molar-refractivity contribution in [1.29, 1.82) is 0 Å². The van der Waals surface area contributed by atoms with Gasteiger partial charge in [0.15, 0.2) is 0 Å². The molecule has 4 rings (SSSR count). The molecule has 4 heteroatoms. The van der Waals surface area contributed by atoms with Gasteiger partial charge < -0.3 is 18.9 Å². The summed E-state index contributed by atoms with van der Waals surface area (Å²) in [6, 6.07) is 9.78. The van der Waals surface area contributed by atoms with E-state index in [1.54, 1.807) is 0 Å². The molecule has 2 aliphatic heterocycles. The molecular weight excluding hydrogens is 617 g/mol. The summed E-state index contributed by atoms with van der Waals surface area (Å²) in [6.45, 7) is 35.9. The number of aryl methyl sites for hydroxylation is 2. The van der Waals surface area contributed by atoms with Gasteiger partial charge in [-0.25, -0.2) is 0 Å². The maximum Gasteiger partial charge on any atom is 0.126 e. The van der Waals surface area contributed by atoms with Gasteiger partial charge in [0.1, 0.15) is 11.5 Å². The Morgan fingerprint density at radius 2 is 0.820 bits per heavy atom. The predicted molar refractivity (Wildman–Crippen MR) is 212 cm³/mol. The zero-order chi connectivity index (χ0) is 37.1. The minimum absolute atomic E-state index is 0.0280. The van der Waals surface area contributed by atoms with E-state index in [1.165, 1.54) is 59.1 Å². The van der Waals surface area contributed by atoms with E-state index in [0.29, 0.717) is 24.0 Å². The lowest BCUT2D eigenvalue weighted by atomic mass is 9.77. The summed E-state index contributed by atoms with van der Waals surface area (Å²) in [5.74, 6) is 3.52. The number of hydrogen-bond acceptors (Lipinski definition) is 4. The van der Waals surface area contributed by atoms with Gasteiger partial charge in [-0.2, -0.15) is 0 Å². The third-order valence-electron chi connectivity index (χ3n) is 11.0. The molecule has 50 heavy (non-hydrogen) atoms. The second kappa shape index (κ2) is 16.3. The van der Waals surface area contributed by atoms with Crippen LogP contribution in [0.15, 0.2) is 24.3 Å². The fraction of sp³-hybridized carbons (Fsp3) is 0.739. The molecule has 4 unspecified atom stereocenters. The molecule has 0 radical (unpaired) electrons. The zero-order valence-electron chi connectivity index (χ0n) is 34.7.